The SMILES string of the molecule is Cl.Cl.NCCCC(=O)NS(=O)(=O)c1ccc(-c2ccc(CCNC[C@@H](O)c3ccccc3)cc2)cc1OC1CCCCC1. The number of aliphatic hydroxyl groups excluding tert-OH is 1. The Hall–Kier alpha value is -2.66. The number of aliphatic hydroxyl groups is 1. The van der Waals surface area contributed by atoms with Crippen LogP contribution in [0.15, 0.2) is 77.7 Å². The molecule has 3 aromatic carbocycles. The van der Waals surface area contributed by atoms with Crippen molar-refractivity contribution in [2.75, 3.05) is 19.6 Å². The number of benzene rings is 3. The van der Waals surface area contributed by atoms with Gasteiger partial charge in [0.1, 0.15) is 10.6 Å². The van der Waals surface area contributed by atoms with Crippen LogP contribution in [0.25, 0.3) is 11.1 Å². The van der Waals surface area contributed by atoms with Gasteiger partial charge in [-0.05, 0) is 86.0 Å². The summed E-state index contributed by atoms with van der Waals surface area (Å²) in [6.07, 6.45) is 5.64. The standard InChI is InChI=1S/C32H41N3O5S.2ClH/c33-20-7-12-32(37)35-41(38,39)31-18-17-27(22-30(31)40-28-10-5-2-6-11-28)25-15-13-24(14-16-25)19-21-34-23-29(36)26-8-3-1-4-9-26;;/h1,3-4,8-9,13-18,22,28-29,34,36H,2,5-7,10-12,19-21,23,33H2,(H,35,37);2*1H/t29-;;/m1../s1. The van der Waals surface area contributed by atoms with Gasteiger partial charge in [-0.3, -0.25) is 4.79 Å². The fourth-order valence-corrected chi connectivity index (χ4v) is 6.14. The number of nitrogens with one attached hydrogen (secondary N) is 2. The summed E-state index contributed by atoms with van der Waals surface area (Å²) in [5.74, 6) is -0.318. The molecule has 1 atom stereocenters. The summed E-state index contributed by atoms with van der Waals surface area (Å²) in [5, 5.41) is 13.6. The van der Waals surface area contributed by atoms with Crippen molar-refractivity contribution >= 4 is 40.7 Å². The first-order valence-corrected chi connectivity index (χ1v) is 15.9. The second-order valence-electron chi connectivity index (χ2n) is 10.5. The number of hydrogen-bond donors (Lipinski definition) is 4. The third kappa shape index (κ3) is 11.1. The summed E-state index contributed by atoms with van der Waals surface area (Å²) in [6, 6.07) is 22.7. The summed E-state index contributed by atoms with van der Waals surface area (Å²) in [5.41, 5.74) is 9.27. The van der Waals surface area contributed by atoms with Crippen LogP contribution in [-0.2, 0) is 21.2 Å². The highest BCUT2D eigenvalue weighted by Gasteiger charge is 2.25. The lowest BCUT2D eigenvalue weighted by Gasteiger charge is -2.24. The molecule has 0 saturated heterocycles. The first-order valence-electron chi connectivity index (χ1n) is 14.4. The van der Waals surface area contributed by atoms with Crippen molar-refractivity contribution < 1.29 is 23.1 Å². The topological polar surface area (TPSA) is 131 Å². The lowest BCUT2D eigenvalue weighted by Crippen LogP contribution is -2.31. The number of rotatable bonds is 14. The lowest BCUT2D eigenvalue weighted by atomic mass is 9.97. The predicted octanol–water partition coefficient (Wildman–Crippen LogP) is 5.32. The van der Waals surface area contributed by atoms with E-state index in [1.54, 1.807) is 12.1 Å². The predicted molar refractivity (Wildman–Crippen MR) is 175 cm³/mol. The first-order chi connectivity index (χ1) is 19.9. The van der Waals surface area contributed by atoms with Gasteiger partial charge < -0.3 is 20.9 Å². The van der Waals surface area contributed by atoms with Gasteiger partial charge in [0, 0.05) is 13.0 Å². The van der Waals surface area contributed by atoms with Gasteiger partial charge in [0.25, 0.3) is 10.0 Å². The van der Waals surface area contributed by atoms with Crippen LogP contribution in [0, 0.1) is 0 Å². The molecule has 11 heteroatoms. The zero-order valence-corrected chi connectivity index (χ0v) is 26.7. The highest BCUT2D eigenvalue weighted by Crippen LogP contribution is 2.33. The molecule has 1 aliphatic carbocycles. The zero-order valence-electron chi connectivity index (χ0n) is 24.2. The number of ether oxygens (including phenoxy) is 1. The number of sulfonamides is 1. The molecule has 3 aromatic rings. The number of carbonyl (C=O) groups is 1. The van der Waals surface area contributed by atoms with E-state index in [9.17, 15) is 18.3 Å². The van der Waals surface area contributed by atoms with Gasteiger partial charge in [-0.2, -0.15) is 0 Å². The largest absolute Gasteiger partial charge is 0.489 e. The molecule has 0 spiro atoms. The fraction of sp³-hybridized carbons (Fsp3) is 0.406. The van der Waals surface area contributed by atoms with E-state index in [1.165, 1.54) is 6.07 Å². The van der Waals surface area contributed by atoms with Gasteiger partial charge >= 0.3 is 0 Å². The van der Waals surface area contributed by atoms with Crippen LogP contribution in [-0.4, -0.2) is 45.2 Å². The van der Waals surface area contributed by atoms with E-state index >= 15 is 0 Å². The molecule has 1 aliphatic rings. The summed E-state index contributed by atoms with van der Waals surface area (Å²) in [7, 11) is -4.10. The Bertz CT molecular complexity index is 1370. The van der Waals surface area contributed by atoms with Crippen molar-refractivity contribution in [1.82, 2.24) is 10.0 Å². The maximum absolute atomic E-state index is 13.1. The summed E-state index contributed by atoms with van der Waals surface area (Å²) in [6.45, 7) is 1.52. The molecule has 1 saturated carbocycles. The minimum absolute atomic E-state index is 0. The Kier molecular flexibility index (Phi) is 15.5. The fourth-order valence-electron chi connectivity index (χ4n) is 5.01. The molecule has 0 unspecified atom stereocenters. The van der Waals surface area contributed by atoms with Crippen LogP contribution >= 0.6 is 24.8 Å². The van der Waals surface area contributed by atoms with E-state index in [-0.39, 0.29) is 48.0 Å². The molecule has 8 nitrogen and oxygen atoms in total. The first kappa shape index (κ1) is 36.5. The normalized spacial score (nSPS) is 14.2. The molecule has 236 valence electrons. The number of carbonyl (C=O) groups excluding carboxylic acids is 1. The summed E-state index contributed by atoms with van der Waals surface area (Å²) < 4.78 is 34.7. The van der Waals surface area contributed by atoms with Crippen LogP contribution in [0.4, 0.5) is 0 Å². The molecule has 0 radical (unpaired) electrons. The van der Waals surface area contributed by atoms with Crippen molar-refractivity contribution in [3.05, 3.63) is 83.9 Å². The number of nitrogens with two attached hydrogens (primary N) is 1. The van der Waals surface area contributed by atoms with E-state index in [4.69, 9.17) is 10.5 Å². The molecule has 0 heterocycles. The quantitative estimate of drug-likeness (QED) is 0.174. The lowest BCUT2D eigenvalue weighted by molar-refractivity contribution is -0.119. The Morgan fingerprint density at radius 1 is 0.953 bits per heavy atom. The summed E-state index contributed by atoms with van der Waals surface area (Å²) in [4.78, 5) is 12.2. The smallest absolute Gasteiger partial charge is 0.267 e. The van der Waals surface area contributed by atoms with Crippen LogP contribution in [0.1, 0.15) is 62.2 Å². The molecular formula is C32H43Cl2N3O5S. The maximum atomic E-state index is 13.1. The average molecular weight is 653 g/mol. The Balaban J connectivity index is 0.00000323. The molecule has 1 fully saturated rings. The molecule has 0 bridgehead atoms. The number of hydrogen-bond acceptors (Lipinski definition) is 7. The molecule has 43 heavy (non-hydrogen) atoms. The molecule has 1 amide bonds. The number of halogens is 2. The minimum atomic E-state index is -4.10. The van der Waals surface area contributed by atoms with Gasteiger partial charge in [0.15, 0.2) is 0 Å². The maximum Gasteiger partial charge on any atom is 0.267 e. The van der Waals surface area contributed by atoms with Crippen LogP contribution in [0.5, 0.6) is 5.75 Å². The van der Waals surface area contributed by atoms with Crippen LogP contribution in [0.2, 0.25) is 0 Å². The molecule has 4 rings (SSSR count). The van der Waals surface area contributed by atoms with Gasteiger partial charge in [-0.15, -0.1) is 24.8 Å². The zero-order chi connectivity index (χ0) is 29.1. The molecule has 0 aliphatic heterocycles. The molecular weight excluding hydrogens is 609 g/mol. The van der Waals surface area contributed by atoms with E-state index in [0.29, 0.717) is 19.5 Å². The second kappa shape index (κ2) is 18.2. The Labute approximate surface area is 267 Å². The highest BCUT2D eigenvalue weighted by atomic mass is 35.5. The van der Waals surface area contributed by atoms with Crippen LogP contribution < -0.4 is 20.5 Å². The molecule has 0 aromatic heterocycles. The highest BCUT2D eigenvalue weighted by molar-refractivity contribution is 7.90. The number of amides is 1. The van der Waals surface area contributed by atoms with Crippen molar-refractivity contribution in [2.24, 2.45) is 5.73 Å². The molecule has 5 N–H and O–H groups in total. The van der Waals surface area contributed by atoms with E-state index in [1.807, 2.05) is 42.5 Å². The minimum Gasteiger partial charge on any atom is -0.489 e. The monoisotopic (exact) mass is 651 g/mol. The van der Waals surface area contributed by atoms with Crippen molar-refractivity contribution in [3.8, 4) is 16.9 Å². The average Bonchev–Trinajstić information content (AvgIpc) is 2.99. The Morgan fingerprint density at radius 2 is 1.63 bits per heavy atom. The summed E-state index contributed by atoms with van der Waals surface area (Å²) >= 11 is 0. The van der Waals surface area contributed by atoms with Gasteiger partial charge in [-0.25, -0.2) is 13.1 Å². The second-order valence-corrected chi connectivity index (χ2v) is 12.2. The van der Waals surface area contributed by atoms with Crippen molar-refractivity contribution in [3.63, 3.8) is 0 Å². The third-order valence-corrected chi connectivity index (χ3v) is 8.75. The van der Waals surface area contributed by atoms with Crippen LogP contribution in [0.3, 0.4) is 0 Å². The van der Waals surface area contributed by atoms with Crippen molar-refractivity contribution in [2.45, 2.75) is 68.5 Å². The van der Waals surface area contributed by atoms with Gasteiger partial charge in [0.2, 0.25) is 5.91 Å². The Morgan fingerprint density at radius 3 is 2.30 bits per heavy atom. The van der Waals surface area contributed by atoms with E-state index in [0.717, 1.165) is 67.3 Å². The van der Waals surface area contributed by atoms with E-state index in [2.05, 4.69) is 22.2 Å². The van der Waals surface area contributed by atoms with E-state index < -0.39 is 22.0 Å². The van der Waals surface area contributed by atoms with Gasteiger partial charge in [-0.1, -0.05) is 67.1 Å². The van der Waals surface area contributed by atoms with Gasteiger partial charge in [0.05, 0.1) is 12.2 Å². The third-order valence-electron chi connectivity index (χ3n) is 7.33. The van der Waals surface area contributed by atoms with Crippen molar-refractivity contribution in [1.29, 1.82) is 0 Å².